The van der Waals surface area contributed by atoms with Crippen LogP contribution in [0.25, 0.3) is 0 Å². The van der Waals surface area contributed by atoms with E-state index < -0.39 is 0 Å². The maximum Gasteiger partial charge on any atom is 0.257 e. The first-order chi connectivity index (χ1) is 14.2. The average molecular weight is 402 g/mol. The summed E-state index contributed by atoms with van der Waals surface area (Å²) in [6.07, 6.45) is 5.26. The number of aryl methyl sites for hydroxylation is 1. The summed E-state index contributed by atoms with van der Waals surface area (Å²) in [7, 11) is 0.574. The summed E-state index contributed by atoms with van der Waals surface area (Å²) < 4.78 is 0. The molecule has 7 heteroatoms. The molecule has 0 bridgehead atoms. The van der Waals surface area contributed by atoms with Crippen molar-refractivity contribution in [1.29, 1.82) is 0 Å². The van der Waals surface area contributed by atoms with Gasteiger partial charge in [0.1, 0.15) is 5.78 Å². The van der Waals surface area contributed by atoms with Gasteiger partial charge in [-0.05, 0) is 42.8 Å². The molecule has 1 amide bonds. The SMILES string of the molecule is Cc1cncc(C(=O)Nc2ccc3c(c2)CN(C2C=Nc4ccccc4P2)O3)c1. The molecular weight excluding hydrogens is 383 g/mol. The Morgan fingerprint density at radius 3 is 3.00 bits per heavy atom. The number of aliphatic imine (C=N–C) groups is 1. The van der Waals surface area contributed by atoms with Crippen LogP contribution < -0.4 is 15.5 Å². The lowest BCUT2D eigenvalue weighted by Crippen LogP contribution is -2.34. The number of fused-ring (bicyclic) bond motifs is 2. The fraction of sp³-hybridized carbons (Fsp3) is 0.136. The van der Waals surface area contributed by atoms with Crippen LogP contribution in [0.1, 0.15) is 21.5 Å². The number of hydrogen-bond donors (Lipinski definition) is 1. The van der Waals surface area contributed by atoms with Gasteiger partial charge in [-0.15, -0.1) is 5.06 Å². The van der Waals surface area contributed by atoms with E-state index in [4.69, 9.17) is 4.84 Å². The van der Waals surface area contributed by atoms with E-state index in [1.165, 1.54) is 5.30 Å². The number of para-hydroxylation sites is 1. The molecule has 29 heavy (non-hydrogen) atoms. The predicted molar refractivity (Wildman–Crippen MR) is 116 cm³/mol. The van der Waals surface area contributed by atoms with Crippen molar-refractivity contribution in [2.45, 2.75) is 19.3 Å². The van der Waals surface area contributed by atoms with Crippen LogP contribution in [0, 0.1) is 6.92 Å². The topological polar surface area (TPSA) is 66.8 Å². The van der Waals surface area contributed by atoms with Crippen molar-refractivity contribution in [2.24, 2.45) is 4.99 Å². The number of carbonyl (C=O) groups excluding carboxylic acids is 1. The highest BCUT2D eigenvalue weighted by Gasteiger charge is 2.29. The summed E-state index contributed by atoms with van der Waals surface area (Å²) in [5.41, 5.74) is 4.32. The highest BCUT2D eigenvalue weighted by atomic mass is 31.1. The van der Waals surface area contributed by atoms with E-state index >= 15 is 0 Å². The van der Waals surface area contributed by atoms with Gasteiger partial charge in [0.2, 0.25) is 0 Å². The first-order valence-corrected chi connectivity index (χ1v) is 10.4. The van der Waals surface area contributed by atoms with Crippen molar-refractivity contribution in [1.82, 2.24) is 10.0 Å². The van der Waals surface area contributed by atoms with Crippen molar-refractivity contribution >= 4 is 37.4 Å². The van der Waals surface area contributed by atoms with Crippen LogP contribution in [-0.2, 0) is 6.54 Å². The molecule has 2 aliphatic heterocycles. The second-order valence-electron chi connectivity index (χ2n) is 7.08. The molecule has 1 N–H and O–H groups in total. The van der Waals surface area contributed by atoms with Crippen LogP contribution in [0.2, 0.25) is 0 Å². The van der Waals surface area contributed by atoms with E-state index in [0.29, 0.717) is 20.7 Å². The largest absolute Gasteiger partial charge is 0.404 e. The molecule has 0 radical (unpaired) electrons. The maximum absolute atomic E-state index is 12.5. The monoisotopic (exact) mass is 402 g/mol. The van der Waals surface area contributed by atoms with E-state index in [0.717, 1.165) is 28.3 Å². The normalized spacial score (nSPS) is 18.2. The first-order valence-electron chi connectivity index (χ1n) is 9.36. The molecule has 2 aromatic carbocycles. The Bertz CT molecular complexity index is 1130. The summed E-state index contributed by atoms with van der Waals surface area (Å²) >= 11 is 0. The second-order valence-corrected chi connectivity index (χ2v) is 8.50. The Morgan fingerprint density at radius 1 is 1.21 bits per heavy atom. The van der Waals surface area contributed by atoms with Crippen molar-refractivity contribution in [3.8, 4) is 5.75 Å². The zero-order chi connectivity index (χ0) is 19.8. The smallest absolute Gasteiger partial charge is 0.257 e. The Balaban J connectivity index is 1.29. The number of benzene rings is 2. The average Bonchev–Trinajstić information content (AvgIpc) is 3.17. The Labute approximate surface area is 170 Å². The third kappa shape index (κ3) is 3.65. The molecule has 3 heterocycles. The Hall–Kier alpha value is -3.08. The van der Waals surface area contributed by atoms with Gasteiger partial charge in [-0.2, -0.15) is 0 Å². The molecule has 2 aliphatic rings. The number of nitrogens with one attached hydrogen (secondary N) is 1. The number of hydrogen-bond acceptors (Lipinski definition) is 5. The van der Waals surface area contributed by atoms with Gasteiger partial charge in [0.15, 0.2) is 5.75 Å². The molecule has 3 aromatic rings. The van der Waals surface area contributed by atoms with Gasteiger partial charge in [0.25, 0.3) is 5.91 Å². The van der Waals surface area contributed by atoms with Crippen LogP contribution in [-0.4, -0.2) is 28.0 Å². The number of aromatic nitrogens is 1. The van der Waals surface area contributed by atoms with E-state index in [2.05, 4.69) is 21.4 Å². The van der Waals surface area contributed by atoms with E-state index in [1.807, 2.05) is 60.7 Å². The third-order valence-corrected chi connectivity index (χ3v) is 6.34. The highest BCUT2D eigenvalue weighted by Crippen LogP contribution is 2.37. The lowest BCUT2D eigenvalue weighted by atomic mass is 10.1. The number of hydroxylamine groups is 2. The minimum atomic E-state index is -0.172. The summed E-state index contributed by atoms with van der Waals surface area (Å²) in [5, 5.41) is 6.15. The lowest BCUT2D eigenvalue weighted by molar-refractivity contribution is -0.0362. The van der Waals surface area contributed by atoms with Crippen molar-refractivity contribution < 1.29 is 9.63 Å². The van der Waals surface area contributed by atoms with Gasteiger partial charge >= 0.3 is 0 Å². The van der Waals surface area contributed by atoms with Crippen LogP contribution in [0.5, 0.6) is 5.75 Å². The van der Waals surface area contributed by atoms with E-state index in [-0.39, 0.29) is 11.7 Å². The summed E-state index contributed by atoms with van der Waals surface area (Å²) in [5.74, 6) is 0.750. The standard InChI is InChI=1S/C22H19N4O2P/c1-14-8-15(11-23-10-14)22(27)25-17-6-7-19-16(9-17)13-26(28-19)21-12-24-18-4-2-3-5-20(18)29-21/h2-12,21,29H,13H2,1H3,(H,25,27). The molecule has 0 saturated carbocycles. The van der Waals surface area contributed by atoms with Gasteiger partial charge < -0.3 is 10.2 Å². The molecule has 2 unspecified atom stereocenters. The van der Waals surface area contributed by atoms with Crippen LogP contribution >= 0.6 is 8.58 Å². The number of carbonyl (C=O) groups is 1. The van der Waals surface area contributed by atoms with E-state index in [1.54, 1.807) is 12.4 Å². The predicted octanol–water partition coefficient (Wildman–Crippen LogP) is 3.80. The lowest BCUT2D eigenvalue weighted by Gasteiger charge is -2.25. The molecule has 0 spiro atoms. The highest BCUT2D eigenvalue weighted by molar-refractivity contribution is 7.49. The number of nitrogens with zero attached hydrogens (tertiary/aromatic N) is 3. The van der Waals surface area contributed by atoms with Crippen molar-refractivity contribution in [3.05, 3.63) is 77.6 Å². The minimum Gasteiger partial charge on any atom is -0.404 e. The van der Waals surface area contributed by atoms with Crippen LogP contribution in [0.3, 0.4) is 0 Å². The van der Waals surface area contributed by atoms with Gasteiger partial charge in [-0.1, -0.05) is 26.8 Å². The number of amides is 1. The number of pyridine rings is 1. The Kier molecular flexibility index (Phi) is 4.58. The summed E-state index contributed by atoms with van der Waals surface area (Å²) in [6, 6.07) is 15.7. The Morgan fingerprint density at radius 2 is 2.10 bits per heavy atom. The van der Waals surface area contributed by atoms with Gasteiger partial charge in [-0.25, -0.2) is 0 Å². The molecule has 2 atom stereocenters. The molecule has 1 aromatic heterocycles. The molecule has 0 fully saturated rings. The van der Waals surface area contributed by atoms with Gasteiger partial charge in [-0.3, -0.25) is 14.8 Å². The van der Waals surface area contributed by atoms with Crippen molar-refractivity contribution in [3.63, 3.8) is 0 Å². The summed E-state index contributed by atoms with van der Waals surface area (Å²) in [4.78, 5) is 27.2. The van der Waals surface area contributed by atoms with Crippen LogP contribution in [0.15, 0.2) is 65.9 Å². The fourth-order valence-electron chi connectivity index (χ4n) is 3.44. The van der Waals surface area contributed by atoms with Crippen molar-refractivity contribution in [2.75, 3.05) is 5.32 Å². The van der Waals surface area contributed by atoms with Crippen LogP contribution in [0.4, 0.5) is 11.4 Å². The molecule has 0 aliphatic carbocycles. The zero-order valence-corrected chi connectivity index (χ0v) is 16.8. The molecular formula is C22H19N4O2P. The number of rotatable bonds is 3. The summed E-state index contributed by atoms with van der Waals surface area (Å²) in [6.45, 7) is 2.57. The van der Waals surface area contributed by atoms with E-state index in [9.17, 15) is 4.79 Å². The molecule has 144 valence electrons. The molecule has 6 nitrogen and oxygen atoms in total. The maximum atomic E-state index is 12.5. The second kappa shape index (κ2) is 7.39. The fourth-order valence-corrected chi connectivity index (χ4v) is 4.68. The quantitative estimate of drug-likeness (QED) is 0.677. The number of anilines is 1. The molecule has 5 rings (SSSR count). The first kappa shape index (κ1) is 18.0. The molecule has 0 saturated heterocycles. The minimum absolute atomic E-state index is 0.105. The van der Waals surface area contributed by atoms with Gasteiger partial charge in [0.05, 0.1) is 17.8 Å². The third-order valence-electron chi connectivity index (χ3n) is 4.87. The zero-order valence-electron chi connectivity index (χ0n) is 15.8. The van der Waals surface area contributed by atoms with Gasteiger partial charge in [0, 0.05) is 35.2 Å².